The maximum atomic E-state index is 13.8. The van der Waals surface area contributed by atoms with Crippen molar-refractivity contribution in [2.45, 2.75) is 184 Å². The summed E-state index contributed by atoms with van der Waals surface area (Å²) in [6.45, 7) is 27.5. The number of likely N-dealkylation sites (tertiary alicyclic amines) is 3. The molecule has 0 aromatic heterocycles. The second-order valence-corrected chi connectivity index (χ2v) is 22.1. The smallest absolute Gasteiger partial charge is 0.333 e. The van der Waals surface area contributed by atoms with Gasteiger partial charge in [0.25, 0.3) is 0 Å². The summed E-state index contributed by atoms with van der Waals surface area (Å²) in [5, 5.41) is 6.10. The van der Waals surface area contributed by atoms with Crippen molar-refractivity contribution in [1.82, 2.24) is 35.1 Å². The average Bonchev–Trinajstić information content (AvgIpc) is 3.76. The molecule has 0 spiro atoms. The Morgan fingerprint density at radius 3 is 1.38 bits per heavy atom. The van der Waals surface area contributed by atoms with Crippen LogP contribution in [-0.4, -0.2) is 170 Å². The lowest BCUT2D eigenvalue weighted by Crippen LogP contribution is -2.59. The fourth-order valence-electron chi connectivity index (χ4n) is 9.30. The molecule has 0 aliphatic carbocycles. The van der Waals surface area contributed by atoms with Gasteiger partial charge in [-0.3, -0.25) is 33.8 Å². The van der Waals surface area contributed by atoms with Crippen LogP contribution in [0.1, 0.15) is 141 Å². The Balaban J connectivity index is 0.000000691. The molecular weight excluding hydrogens is 902 g/mol. The first kappa shape index (κ1) is 63.0. The lowest BCUT2D eigenvalue weighted by molar-refractivity contribution is -0.149. The lowest BCUT2D eigenvalue weighted by atomic mass is 9.84. The minimum absolute atomic E-state index is 0. The number of carbonyl (C=O) groups is 7. The second kappa shape index (κ2) is 28.1. The average molecular weight is 995 g/mol. The van der Waals surface area contributed by atoms with Crippen LogP contribution in [0.3, 0.4) is 0 Å². The summed E-state index contributed by atoms with van der Waals surface area (Å²) >= 11 is 0. The molecule has 3 aliphatic rings. The number of rotatable bonds is 16. The molecule has 0 aromatic carbocycles. The van der Waals surface area contributed by atoms with Gasteiger partial charge in [-0.2, -0.15) is 0 Å². The van der Waals surface area contributed by atoms with Gasteiger partial charge in [0, 0.05) is 31.8 Å². The van der Waals surface area contributed by atoms with Crippen molar-refractivity contribution in [3.05, 3.63) is 23.3 Å². The highest BCUT2D eigenvalue weighted by Gasteiger charge is 2.41. The Hall–Kier alpha value is -4.02. The molecule has 69 heavy (non-hydrogen) atoms. The van der Waals surface area contributed by atoms with Crippen molar-refractivity contribution in [3.8, 4) is 0 Å². The number of nitrogens with one attached hydrogen (secondary N) is 2. The summed E-state index contributed by atoms with van der Waals surface area (Å²) < 4.78 is 9.96. The SMILES string of the molecule is CCOC(=O)/C(C)=C/[C@H](C(C)C)N(C)C(=O)[C@@H](NC(=O)C1CCCCN1C)C(C)(C)C.COC(=O)[C@@H]1CCCN1C(=O)/C(C)=C/[C@H](C(C)C)N(C)C(=O)[C@@H](NC(=O)C1CCCCN1C)C(C)(C)C.Cl. The number of ether oxygens (including phenoxy) is 2. The van der Waals surface area contributed by atoms with Crippen molar-refractivity contribution in [3.63, 3.8) is 0 Å². The van der Waals surface area contributed by atoms with E-state index in [0.717, 1.165) is 58.0 Å². The van der Waals surface area contributed by atoms with E-state index in [1.165, 1.54) is 7.11 Å². The van der Waals surface area contributed by atoms with Gasteiger partial charge in [-0.15, -0.1) is 12.4 Å². The van der Waals surface area contributed by atoms with Crippen LogP contribution in [0, 0.1) is 22.7 Å². The van der Waals surface area contributed by atoms with E-state index in [0.29, 0.717) is 30.7 Å². The van der Waals surface area contributed by atoms with Crippen LogP contribution in [0.4, 0.5) is 0 Å². The number of esters is 2. The molecule has 3 aliphatic heterocycles. The molecule has 0 saturated carbocycles. The second-order valence-electron chi connectivity index (χ2n) is 22.1. The Labute approximate surface area is 421 Å². The van der Waals surface area contributed by atoms with Gasteiger partial charge in [0.2, 0.25) is 29.5 Å². The minimum atomic E-state index is -0.715. The van der Waals surface area contributed by atoms with Crippen LogP contribution in [0.15, 0.2) is 23.3 Å². The molecule has 0 aromatic rings. The first-order valence-electron chi connectivity index (χ1n) is 25.0. The van der Waals surface area contributed by atoms with Gasteiger partial charge < -0.3 is 34.8 Å². The summed E-state index contributed by atoms with van der Waals surface area (Å²) in [6, 6.07) is -3.06. The van der Waals surface area contributed by atoms with Crippen LogP contribution in [0.2, 0.25) is 0 Å². The number of likely N-dealkylation sites (N-methyl/N-ethyl adjacent to an activating group) is 4. The van der Waals surface area contributed by atoms with Crippen LogP contribution in [-0.2, 0) is 43.0 Å². The van der Waals surface area contributed by atoms with Crippen LogP contribution in [0.25, 0.3) is 0 Å². The van der Waals surface area contributed by atoms with Gasteiger partial charge in [0.05, 0.1) is 37.9 Å². The Kier molecular flexibility index (Phi) is 25.7. The van der Waals surface area contributed by atoms with Gasteiger partial charge in [-0.05, 0) is 109 Å². The van der Waals surface area contributed by atoms with Gasteiger partial charge >= 0.3 is 11.9 Å². The monoisotopic (exact) mass is 994 g/mol. The van der Waals surface area contributed by atoms with Crippen LogP contribution in [0.5, 0.6) is 0 Å². The number of halogens is 1. The molecule has 3 fully saturated rings. The molecule has 3 saturated heterocycles. The Morgan fingerprint density at radius 2 is 1.03 bits per heavy atom. The van der Waals surface area contributed by atoms with E-state index in [1.807, 2.05) is 89.4 Å². The van der Waals surface area contributed by atoms with Crippen LogP contribution < -0.4 is 10.6 Å². The van der Waals surface area contributed by atoms with Crippen molar-refractivity contribution in [1.29, 1.82) is 0 Å². The molecule has 5 amide bonds. The van der Waals surface area contributed by atoms with E-state index in [4.69, 9.17) is 9.47 Å². The summed E-state index contributed by atoms with van der Waals surface area (Å²) in [6.07, 6.45) is 10.7. The molecule has 0 radical (unpaired) electrons. The molecule has 2 N–H and O–H groups in total. The summed E-state index contributed by atoms with van der Waals surface area (Å²) in [5.74, 6) is -1.47. The number of piperidine rings is 2. The highest BCUT2D eigenvalue weighted by Crippen LogP contribution is 2.28. The van der Waals surface area contributed by atoms with E-state index in [2.05, 4.69) is 20.4 Å². The number of nitrogens with zero attached hydrogens (tertiary/aromatic N) is 5. The largest absolute Gasteiger partial charge is 0.467 e. The van der Waals surface area contributed by atoms with Crippen molar-refractivity contribution < 1.29 is 43.0 Å². The third-order valence-corrected chi connectivity index (χ3v) is 13.7. The number of hydrogen-bond acceptors (Lipinski definition) is 11. The maximum absolute atomic E-state index is 13.8. The predicted molar refractivity (Wildman–Crippen MR) is 274 cm³/mol. The van der Waals surface area contributed by atoms with Gasteiger partial charge in [-0.1, -0.05) is 94.2 Å². The van der Waals surface area contributed by atoms with Crippen molar-refractivity contribution in [2.24, 2.45) is 22.7 Å². The number of hydrogen-bond donors (Lipinski definition) is 2. The molecule has 396 valence electrons. The summed E-state index contributed by atoms with van der Waals surface area (Å²) in [4.78, 5) is 100. The van der Waals surface area contributed by atoms with Crippen molar-refractivity contribution in [2.75, 3.05) is 61.5 Å². The topological polar surface area (TPSA) is 178 Å². The summed E-state index contributed by atoms with van der Waals surface area (Å²) in [7, 11) is 8.71. The zero-order valence-electron chi connectivity index (χ0n) is 45.7. The van der Waals surface area contributed by atoms with E-state index in [1.54, 1.807) is 55.6 Å². The Bertz CT molecular complexity index is 1810. The minimum Gasteiger partial charge on any atom is -0.467 e. The molecule has 0 bridgehead atoms. The quantitative estimate of drug-likeness (QED) is 0.137. The number of carbonyl (C=O) groups excluding carboxylic acids is 7. The van der Waals surface area contributed by atoms with E-state index in [-0.39, 0.29) is 83.9 Å². The molecule has 2 unspecified atom stereocenters. The standard InChI is InChI=1S/C28H48N4O5.C24H43N3O4.ClH/c1-18(2)22(17-19(3)25(34)32-16-12-14-21(32)27(36)37-9)31(8)26(35)23(28(4,5)6)29-24(33)20-13-10-11-15-30(20)7;1-10-31-23(30)17(4)15-19(16(2)3)27(9)22(29)20(24(5,6)7)25-21(28)18-13-11-12-14-26(18)8;/h17-18,20-23H,10-16H2,1-9H3,(H,29,33);15-16,18-20H,10-14H2,1-9H3,(H,25,28);1H/b19-17+;17-15+;/t20?,21-,22+,23+;18?,19-,20-;/m01./s1. The Morgan fingerprint density at radius 1 is 0.638 bits per heavy atom. The lowest BCUT2D eigenvalue weighted by Gasteiger charge is -2.39. The van der Waals surface area contributed by atoms with E-state index < -0.39 is 34.9 Å². The predicted octanol–water partition coefficient (Wildman–Crippen LogP) is 6.01. The highest BCUT2D eigenvalue weighted by molar-refractivity contribution is 5.96. The zero-order chi connectivity index (χ0) is 52.0. The molecule has 3 heterocycles. The zero-order valence-corrected chi connectivity index (χ0v) is 46.5. The number of amides is 5. The summed E-state index contributed by atoms with van der Waals surface area (Å²) in [5.41, 5.74) is -0.0155. The third kappa shape index (κ3) is 18.0. The third-order valence-electron chi connectivity index (χ3n) is 13.7. The highest BCUT2D eigenvalue weighted by atomic mass is 35.5. The molecule has 16 nitrogen and oxygen atoms in total. The maximum Gasteiger partial charge on any atom is 0.333 e. The van der Waals surface area contributed by atoms with Crippen LogP contribution >= 0.6 is 12.4 Å². The van der Waals surface area contributed by atoms with Gasteiger partial charge in [0.15, 0.2) is 0 Å². The number of methoxy groups -OCH3 is 1. The molecular formula is C52H92ClN7O9. The van der Waals surface area contributed by atoms with E-state index in [9.17, 15) is 33.6 Å². The molecule has 7 atom stereocenters. The first-order chi connectivity index (χ1) is 31.5. The fraction of sp³-hybridized carbons (Fsp3) is 0.788. The van der Waals surface area contributed by atoms with E-state index >= 15 is 0 Å². The van der Waals surface area contributed by atoms with Crippen molar-refractivity contribution >= 4 is 53.9 Å². The molecule has 3 rings (SSSR count). The van der Waals surface area contributed by atoms with Gasteiger partial charge in [-0.25, -0.2) is 9.59 Å². The molecule has 17 heteroatoms. The van der Waals surface area contributed by atoms with Gasteiger partial charge in [0.1, 0.15) is 18.1 Å². The fourth-order valence-corrected chi connectivity index (χ4v) is 9.30. The normalized spacial score (nSPS) is 21.4. The first-order valence-corrected chi connectivity index (χ1v) is 25.0.